The first-order valence-electron chi connectivity index (χ1n) is 5.12. The van der Waals surface area contributed by atoms with E-state index in [1.165, 1.54) is 6.42 Å². The van der Waals surface area contributed by atoms with E-state index in [0.29, 0.717) is 0 Å². The number of hydrogen-bond acceptors (Lipinski definition) is 2. The van der Waals surface area contributed by atoms with E-state index in [9.17, 15) is 17.7 Å². The Morgan fingerprint density at radius 1 is 1.20 bits per heavy atom. The molecule has 0 aromatic heterocycles. The van der Waals surface area contributed by atoms with Crippen LogP contribution < -0.4 is 0 Å². The Balaban J connectivity index is 2.17. The van der Waals surface area contributed by atoms with Gasteiger partial charge in [0.25, 0.3) is 0 Å². The zero-order chi connectivity index (χ0) is 11.3. The van der Waals surface area contributed by atoms with Crippen LogP contribution >= 0.6 is 8.03 Å². The smallest absolute Gasteiger partial charge is 0.168 e. The molecule has 1 unspecified atom stereocenters. The summed E-state index contributed by atoms with van der Waals surface area (Å²) in [6.07, 6.45) is 1.20. The summed E-state index contributed by atoms with van der Waals surface area (Å²) in [5.41, 5.74) is 0. The second kappa shape index (κ2) is 5.80. The first-order valence-corrected chi connectivity index (χ1v) is 6.48. The van der Waals surface area contributed by atoms with Crippen molar-refractivity contribution in [3.8, 4) is 0 Å². The third-order valence-electron chi connectivity index (χ3n) is 2.50. The molecule has 0 spiro atoms. The fraction of sp³-hybridized carbons (Fsp3) is 1.00. The molecule has 1 fully saturated rings. The van der Waals surface area contributed by atoms with Crippen LogP contribution in [0.4, 0.5) is 13.2 Å². The molecule has 2 nitrogen and oxygen atoms in total. The lowest BCUT2D eigenvalue weighted by Gasteiger charge is -2.16. The molecule has 0 heterocycles. The fourth-order valence-electron chi connectivity index (χ4n) is 1.78. The molecular formula is C9H15F3O2P+. The van der Waals surface area contributed by atoms with Gasteiger partial charge in [0.2, 0.25) is 0 Å². The molecule has 1 aliphatic rings. The van der Waals surface area contributed by atoms with E-state index in [1.807, 2.05) is 0 Å². The van der Waals surface area contributed by atoms with Gasteiger partial charge in [-0.3, -0.25) is 0 Å². The summed E-state index contributed by atoms with van der Waals surface area (Å²) < 4.78 is 50.7. The van der Waals surface area contributed by atoms with E-state index in [2.05, 4.69) is 4.52 Å². The van der Waals surface area contributed by atoms with Crippen molar-refractivity contribution in [1.29, 1.82) is 0 Å². The summed E-state index contributed by atoms with van der Waals surface area (Å²) in [6.45, 7) is -1.39. The molecule has 0 N–H and O–H groups in total. The highest BCUT2D eigenvalue weighted by atomic mass is 31.1. The van der Waals surface area contributed by atoms with Gasteiger partial charge in [-0.1, -0.05) is 19.3 Å². The first kappa shape index (κ1) is 12.9. The van der Waals surface area contributed by atoms with Gasteiger partial charge in [-0.2, -0.15) is 13.2 Å². The molecule has 88 valence electrons. The van der Waals surface area contributed by atoms with Gasteiger partial charge in [0.15, 0.2) is 12.8 Å². The zero-order valence-electron chi connectivity index (χ0n) is 8.42. The summed E-state index contributed by atoms with van der Waals surface area (Å²) in [5, 5.41) is 0. The second-order valence-electron chi connectivity index (χ2n) is 3.91. The lowest BCUT2D eigenvalue weighted by molar-refractivity contribution is -0.152. The number of hydrogen-bond donors (Lipinski definition) is 0. The Labute approximate surface area is 88.1 Å². The lowest BCUT2D eigenvalue weighted by Crippen LogP contribution is -2.16. The molecule has 0 saturated heterocycles. The van der Waals surface area contributed by atoms with Gasteiger partial charge in [0.05, 0.1) is 0 Å². The third-order valence-corrected chi connectivity index (χ3v) is 3.74. The highest BCUT2D eigenvalue weighted by Gasteiger charge is 2.35. The van der Waals surface area contributed by atoms with Gasteiger partial charge in [-0.15, -0.1) is 4.52 Å². The molecule has 1 aliphatic carbocycles. The van der Waals surface area contributed by atoms with Crippen LogP contribution in [0.2, 0.25) is 0 Å². The largest absolute Gasteiger partial charge is 0.508 e. The van der Waals surface area contributed by atoms with E-state index in [1.54, 1.807) is 0 Å². The van der Waals surface area contributed by atoms with Crippen LogP contribution in [0, 0.1) is 5.92 Å². The van der Waals surface area contributed by atoms with Gasteiger partial charge in [0, 0.05) is 5.92 Å². The van der Waals surface area contributed by atoms with Crippen molar-refractivity contribution in [2.45, 2.75) is 38.3 Å². The minimum Gasteiger partial charge on any atom is -0.168 e. The minimum atomic E-state index is -4.38. The molecule has 15 heavy (non-hydrogen) atoms. The Morgan fingerprint density at radius 2 is 1.80 bits per heavy atom. The Bertz CT molecular complexity index is 212. The second-order valence-corrected chi connectivity index (χ2v) is 5.20. The van der Waals surface area contributed by atoms with Gasteiger partial charge in [0.1, 0.15) is 0 Å². The molecule has 1 saturated carbocycles. The van der Waals surface area contributed by atoms with Crippen LogP contribution in [-0.2, 0) is 9.09 Å². The quantitative estimate of drug-likeness (QED) is 0.700. The van der Waals surface area contributed by atoms with Gasteiger partial charge < -0.3 is 0 Å². The van der Waals surface area contributed by atoms with Crippen LogP contribution in [-0.4, -0.2) is 18.9 Å². The SMILES string of the molecule is O=[P+](CC1CCCCC1)OCC(F)(F)F. The van der Waals surface area contributed by atoms with E-state index < -0.39 is 20.8 Å². The van der Waals surface area contributed by atoms with Gasteiger partial charge >= 0.3 is 14.2 Å². The molecule has 6 heteroatoms. The average Bonchev–Trinajstić information content (AvgIpc) is 2.15. The number of alkyl halides is 3. The average molecular weight is 243 g/mol. The zero-order valence-corrected chi connectivity index (χ0v) is 9.32. The molecule has 0 aromatic carbocycles. The maximum Gasteiger partial charge on any atom is 0.508 e. The topological polar surface area (TPSA) is 26.3 Å². The third kappa shape index (κ3) is 6.10. The molecular weight excluding hydrogens is 228 g/mol. The van der Waals surface area contributed by atoms with Crippen LogP contribution in [0.3, 0.4) is 0 Å². The maximum absolute atomic E-state index is 11.7. The molecule has 1 rings (SSSR count). The normalized spacial score (nSPS) is 20.3. The van der Waals surface area contributed by atoms with Crippen molar-refractivity contribution < 1.29 is 22.3 Å². The Hall–Kier alpha value is -0.150. The van der Waals surface area contributed by atoms with Gasteiger partial charge in [-0.05, 0) is 17.4 Å². The van der Waals surface area contributed by atoms with Crippen LogP contribution in [0.15, 0.2) is 0 Å². The lowest BCUT2D eigenvalue weighted by atomic mass is 9.91. The first-order chi connectivity index (χ1) is 6.97. The summed E-state index contributed by atoms with van der Waals surface area (Å²) in [4.78, 5) is 0. The van der Waals surface area contributed by atoms with E-state index in [-0.39, 0.29) is 12.1 Å². The van der Waals surface area contributed by atoms with Crippen molar-refractivity contribution in [3.05, 3.63) is 0 Å². The number of halogens is 3. The van der Waals surface area contributed by atoms with E-state index >= 15 is 0 Å². The Kier molecular flexibility index (Phi) is 5.00. The van der Waals surface area contributed by atoms with Crippen molar-refractivity contribution in [2.24, 2.45) is 5.92 Å². The van der Waals surface area contributed by atoms with Crippen molar-refractivity contribution >= 4 is 8.03 Å². The minimum absolute atomic E-state index is 0.283. The van der Waals surface area contributed by atoms with Crippen molar-refractivity contribution in [3.63, 3.8) is 0 Å². The molecule has 0 aromatic rings. The van der Waals surface area contributed by atoms with Crippen LogP contribution in [0.5, 0.6) is 0 Å². The summed E-state index contributed by atoms with van der Waals surface area (Å²) in [5.74, 6) is 0.288. The predicted octanol–water partition coefficient (Wildman–Crippen LogP) is 3.89. The van der Waals surface area contributed by atoms with Crippen LogP contribution in [0.25, 0.3) is 0 Å². The van der Waals surface area contributed by atoms with Gasteiger partial charge in [-0.25, -0.2) is 0 Å². The van der Waals surface area contributed by atoms with Crippen molar-refractivity contribution in [1.82, 2.24) is 0 Å². The monoisotopic (exact) mass is 243 g/mol. The van der Waals surface area contributed by atoms with Crippen LogP contribution in [0.1, 0.15) is 32.1 Å². The summed E-state index contributed by atoms with van der Waals surface area (Å²) in [7, 11) is -2.14. The Morgan fingerprint density at radius 3 is 2.33 bits per heavy atom. The maximum atomic E-state index is 11.7. The van der Waals surface area contributed by atoms with E-state index in [0.717, 1.165) is 25.7 Å². The summed E-state index contributed by atoms with van der Waals surface area (Å²) in [6, 6.07) is 0. The van der Waals surface area contributed by atoms with Crippen molar-refractivity contribution in [2.75, 3.05) is 12.8 Å². The fourth-order valence-corrected chi connectivity index (χ4v) is 2.96. The highest BCUT2D eigenvalue weighted by Crippen LogP contribution is 2.34. The molecule has 0 amide bonds. The predicted molar refractivity (Wildman–Crippen MR) is 51.1 cm³/mol. The molecule has 0 aliphatic heterocycles. The highest BCUT2D eigenvalue weighted by molar-refractivity contribution is 7.39. The summed E-state index contributed by atoms with van der Waals surface area (Å²) >= 11 is 0. The van der Waals surface area contributed by atoms with E-state index in [4.69, 9.17) is 0 Å². The number of rotatable bonds is 4. The molecule has 1 atom stereocenters. The molecule has 0 radical (unpaired) electrons. The standard InChI is InChI=1S/C9H15F3O2P/c10-9(11,12)7-14-15(13)6-8-4-2-1-3-5-8/h8H,1-7H2/q+1. The molecule has 0 bridgehead atoms.